The second-order valence-corrected chi connectivity index (χ2v) is 8.08. The summed E-state index contributed by atoms with van der Waals surface area (Å²) in [6.45, 7) is 2.12. The monoisotopic (exact) mass is 464 g/mol. The van der Waals surface area contributed by atoms with Gasteiger partial charge >= 0.3 is 0 Å². The topological polar surface area (TPSA) is 99.4 Å². The van der Waals surface area contributed by atoms with Crippen molar-refractivity contribution < 1.29 is 18.8 Å². The summed E-state index contributed by atoms with van der Waals surface area (Å²) in [7, 11) is 3.14. The molecule has 0 radical (unpaired) electrons. The van der Waals surface area contributed by atoms with Crippen LogP contribution in [0.2, 0.25) is 0 Å². The third-order valence-electron chi connectivity index (χ3n) is 5.08. The molecular weight excluding hydrogens is 440 g/mol. The van der Waals surface area contributed by atoms with Crippen molar-refractivity contribution in [3.8, 4) is 34.1 Å². The van der Waals surface area contributed by atoms with Crippen LogP contribution in [0.3, 0.4) is 0 Å². The van der Waals surface area contributed by atoms with Crippen molar-refractivity contribution in [3.05, 3.63) is 59.3 Å². The molecule has 1 amide bonds. The number of benzene rings is 2. The Morgan fingerprint density at radius 3 is 2.52 bits per heavy atom. The van der Waals surface area contributed by atoms with Crippen molar-refractivity contribution in [3.63, 3.8) is 0 Å². The van der Waals surface area contributed by atoms with Gasteiger partial charge in [-0.1, -0.05) is 36.3 Å². The highest BCUT2D eigenvalue weighted by Gasteiger charge is 2.14. The van der Waals surface area contributed by atoms with Crippen LogP contribution < -0.4 is 14.8 Å². The molecule has 8 nitrogen and oxygen atoms in total. The van der Waals surface area contributed by atoms with E-state index in [0.29, 0.717) is 34.8 Å². The number of rotatable bonds is 9. The molecule has 2 aromatic heterocycles. The fourth-order valence-electron chi connectivity index (χ4n) is 3.23. The van der Waals surface area contributed by atoms with Crippen LogP contribution in [0, 0.1) is 0 Å². The van der Waals surface area contributed by atoms with Gasteiger partial charge in [0, 0.05) is 29.3 Å². The van der Waals surface area contributed by atoms with Crippen molar-refractivity contribution in [2.24, 2.45) is 0 Å². The van der Waals surface area contributed by atoms with E-state index in [1.807, 2.05) is 23.6 Å². The zero-order chi connectivity index (χ0) is 23.2. The molecule has 0 aliphatic carbocycles. The quantitative estimate of drug-likeness (QED) is 0.372. The fourth-order valence-corrected chi connectivity index (χ4v) is 3.96. The third-order valence-corrected chi connectivity index (χ3v) is 5.84. The van der Waals surface area contributed by atoms with Gasteiger partial charge < -0.3 is 19.3 Å². The first-order valence-electron chi connectivity index (χ1n) is 10.5. The van der Waals surface area contributed by atoms with E-state index in [0.717, 1.165) is 23.2 Å². The number of aryl methyl sites for hydroxylation is 2. The molecule has 0 spiro atoms. The van der Waals surface area contributed by atoms with Gasteiger partial charge in [0.15, 0.2) is 16.6 Å². The van der Waals surface area contributed by atoms with Crippen LogP contribution in [-0.2, 0) is 17.6 Å². The number of methoxy groups -OCH3 is 2. The molecule has 9 heteroatoms. The largest absolute Gasteiger partial charge is 0.493 e. The highest BCUT2D eigenvalue weighted by molar-refractivity contribution is 7.14. The maximum Gasteiger partial charge on any atom is 0.227 e. The molecule has 0 bridgehead atoms. The van der Waals surface area contributed by atoms with Crippen LogP contribution in [0.25, 0.3) is 22.6 Å². The van der Waals surface area contributed by atoms with Gasteiger partial charge in [-0.2, -0.15) is 4.98 Å². The highest BCUT2D eigenvalue weighted by Crippen LogP contribution is 2.31. The highest BCUT2D eigenvalue weighted by atomic mass is 32.1. The summed E-state index contributed by atoms with van der Waals surface area (Å²) in [4.78, 5) is 21.3. The molecular formula is C24H24N4O4S. The Labute approximate surface area is 195 Å². The van der Waals surface area contributed by atoms with Crippen molar-refractivity contribution in [1.82, 2.24) is 15.1 Å². The number of hydrogen-bond donors (Lipinski definition) is 1. The summed E-state index contributed by atoms with van der Waals surface area (Å²) in [6.07, 6.45) is 1.52. The SMILES string of the molecule is CCc1ccc(-c2csc(NC(=O)CCc3nc(-c4ccc(OC)c(OC)c4)no3)n2)cc1. The molecule has 4 aromatic rings. The molecule has 0 aliphatic heterocycles. The second-order valence-electron chi connectivity index (χ2n) is 7.22. The number of aromatic nitrogens is 3. The minimum Gasteiger partial charge on any atom is -0.493 e. The number of ether oxygens (including phenoxy) is 2. The first kappa shape index (κ1) is 22.5. The van der Waals surface area contributed by atoms with Gasteiger partial charge in [-0.05, 0) is 30.2 Å². The lowest BCUT2D eigenvalue weighted by atomic mass is 10.1. The van der Waals surface area contributed by atoms with Crippen LogP contribution in [0.4, 0.5) is 5.13 Å². The Morgan fingerprint density at radius 1 is 1.03 bits per heavy atom. The predicted octanol–water partition coefficient (Wildman–Crippen LogP) is 5.01. The van der Waals surface area contributed by atoms with Gasteiger partial charge in [-0.3, -0.25) is 4.79 Å². The third kappa shape index (κ3) is 5.38. The maximum atomic E-state index is 12.4. The molecule has 0 atom stereocenters. The number of carbonyl (C=O) groups is 1. The normalized spacial score (nSPS) is 10.8. The van der Waals surface area contributed by atoms with Gasteiger partial charge in [0.2, 0.25) is 17.6 Å². The summed E-state index contributed by atoms with van der Waals surface area (Å²) >= 11 is 1.40. The average molecular weight is 465 g/mol. The lowest BCUT2D eigenvalue weighted by Crippen LogP contribution is -2.12. The molecule has 4 rings (SSSR count). The van der Waals surface area contributed by atoms with E-state index in [9.17, 15) is 4.79 Å². The molecule has 2 heterocycles. The number of anilines is 1. The molecule has 2 aromatic carbocycles. The number of nitrogens with zero attached hydrogens (tertiary/aromatic N) is 3. The minimum absolute atomic E-state index is 0.164. The maximum absolute atomic E-state index is 12.4. The van der Waals surface area contributed by atoms with E-state index in [1.165, 1.54) is 16.9 Å². The van der Waals surface area contributed by atoms with E-state index in [4.69, 9.17) is 14.0 Å². The predicted molar refractivity (Wildman–Crippen MR) is 127 cm³/mol. The molecule has 0 fully saturated rings. The number of nitrogens with one attached hydrogen (secondary N) is 1. The summed E-state index contributed by atoms with van der Waals surface area (Å²) in [5.41, 5.74) is 3.87. The molecule has 0 saturated heterocycles. The molecule has 0 unspecified atom stereocenters. The van der Waals surface area contributed by atoms with Crippen LogP contribution in [0.1, 0.15) is 24.8 Å². The van der Waals surface area contributed by atoms with Crippen molar-refractivity contribution >= 4 is 22.4 Å². The number of carbonyl (C=O) groups excluding carboxylic acids is 1. The number of amides is 1. The molecule has 33 heavy (non-hydrogen) atoms. The second kappa shape index (κ2) is 10.3. The van der Waals surface area contributed by atoms with E-state index in [1.54, 1.807) is 26.4 Å². The van der Waals surface area contributed by atoms with Crippen molar-refractivity contribution in [2.45, 2.75) is 26.2 Å². The van der Waals surface area contributed by atoms with Crippen LogP contribution >= 0.6 is 11.3 Å². The Balaban J connectivity index is 1.33. The van der Waals surface area contributed by atoms with Gasteiger partial charge in [-0.25, -0.2) is 4.98 Å². The zero-order valence-corrected chi connectivity index (χ0v) is 19.4. The standard InChI is InChI=1S/C24H24N4O4S/c1-4-15-5-7-16(8-6-15)18-14-33-24(25-18)26-21(29)11-12-22-27-23(28-32-22)17-9-10-19(30-2)20(13-17)31-3/h5-10,13-14H,4,11-12H2,1-3H3,(H,25,26,29). The van der Waals surface area contributed by atoms with E-state index >= 15 is 0 Å². The van der Waals surface area contributed by atoms with Crippen molar-refractivity contribution in [1.29, 1.82) is 0 Å². The van der Waals surface area contributed by atoms with E-state index < -0.39 is 0 Å². The zero-order valence-electron chi connectivity index (χ0n) is 18.6. The molecule has 0 saturated carbocycles. The Morgan fingerprint density at radius 2 is 1.79 bits per heavy atom. The summed E-state index contributed by atoms with van der Waals surface area (Å²) in [5, 5.41) is 9.34. The first-order valence-corrected chi connectivity index (χ1v) is 11.4. The van der Waals surface area contributed by atoms with E-state index in [-0.39, 0.29) is 12.3 Å². The summed E-state index contributed by atoms with van der Waals surface area (Å²) in [6, 6.07) is 13.6. The van der Waals surface area contributed by atoms with Gasteiger partial charge in [0.25, 0.3) is 0 Å². The Bertz CT molecular complexity index is 1230. The van der Waals surface area contributed by atoms with Crippen LogP contribution in [0.15, 0.2) is 52.4 Å². The van der Waals surface area contributed by atoms with Gasteiger partial charge in [0.05, 0.1) is 19.9 Å². The van der Waals surface area contributed by atoms with Gasteiger partial charge in [-0.15, -0.1) is 11.3 Å². The lowest BCUT2D eigenvalue weighted by Gasteiger charge is -2.07. The molecule has 1 N–H and O–H groups in total. The minimum atomic E-state index is -0.164. The first-order chi connectivity index (χ1) is 16.1. The number of thiazole rings is 1. The summed E-state index contributed by atoms with van der Waals surface area (Å²) < 4.78 is 15.9. The molecule has 170 valence electrons. The molecule has 0 aliphatic rings. The Kier molecular flexibility index (Phi) is 6.99. The smallest absolute Gasteiger partial charge is 0.227 e. The van der Waals surface area contributed by atoms with E-state index in [2.05, 4.69) is 39.5 Å². The van der Waals surface area contributed by atoms with Crippen LogP contribution in [0.5, 0.6) is 11.5 Å². The van der Waals surface area contributed by atoms with Gasteiger partial charge in [0.1, 0.15) is 0 Å². The lowest BCUT2D eigenvalue weighted by molar-refractivity contribution is -0.116. The fraction of sp³-hybridized carbons (Fsp3) is 0.250. The van der Waals surface area contributed by atoms with Crippen molar-refractivity contribution in [2.75, 3.05) is 19.5 Å². The summed E-state index contributed by atoms with van der Waals surface area (Å²) in [5.74, 6) is 1.83. The van der Waals surface area contributed by atoms with Crippen LogP contribution in [-0.4, -0.2) is 35.3 Å². The number of hydrogen-bond acceptors (Lipinski definition) is 8. The Hall–Kier alpha value is -3.72. The average Bonchev–Trinajstić information content (AvgIpc) is 3.52.